The van der Waals surface area contributed by atoms with Crippen LogP contribution in [0.3, 0.4) is 0 Å². The number of ether oxygens (including phenoxy) is 2. The normalized spacial score (nSPS) is 10.5. The first-order valence-corrected chi connectivity index (χ1v) is 8.28. The molecule has 8 nitrogen and oxygen atoms in total. The van der Waals surface area contributed by atoms with Crippen molar-refractivity contribution in [2.24, 2.45) is 0 Å². The molecule has 3 N–H and O–H groups in total. The number of fused-ring (bicyclic) bond motifs is 1. The summed E-state index contributed by atoms with van der Waals surface area (Å²) in [4.78, 5) is 40.0. The average molecular weight is 420 g/mol. The number of carbonyl (C=O) groups is 2. The molecule has 0 spiro atoms. The van der Waals surface area contributed by atoms with Crippen LogP contribution < -0.4 is 15.7 Å². The quantitative estimate of drug-likeness (QED) is 0.549. The van der Waals surface area contributed by atoms with Gasteiger partial charge in [0, 0.05) is 5.69 Å². The van der Waals surface area contributed by atoms with E-state index in [-0.39, 0.29) is 18.2 Å². The third kappa shape index (κ3) is 3.94. The lowest BCUT2D eigenvalue weighted by Gasteiger charge is -2.10. The Bertz CT molecular complexity index is 1040. The van der Waals surface area contributed by atoms with Crippen LogP contribution in [0.2, 0.25) is 0 Å². The van der Waals surface area contributed by atoms with Crippen molar-refractivity contribution in [2.45, 2.75) is 0 Å². The summed E-state index contributed by atoms with van der Waals surface area (Å²) in [6.45, 7) is -0.224. The Morgan fingerprint density at radius 1 is 1.12 bits per heavy atom. The van der Waals surface area contributed by atoms with Gasteiger partial charge in [-0.25, -0.2) is 9.59 Å². The topological polar surface area (TPSA) is 113 Å². The summed E-state index contributed by atoms with van der Waals surface area (Å²) in [5.74, 6) is -0.419. The number of imidazole rings is 1. The summed E-state index contributed by atoms with van der Waals surface area (Å²) in [5, 5.41) is 2.68. The van der Waals surface area contributed by atoms with Gasteiger partial charge in [0.15, 0.2) is 6.61 Å². The maximum atomic E-state index is 12.1. The van der Waals surface area contributed by atoms with Crippen LogP contribution in [0.15, 0.2) is 45.7 Å². The number of hydrogen-bond acceptors (Lipinski definition) is 5. The van der Waals surface area contributed by atoms with Crippen molar-refractivity contribution >= 4 is 44.5 Å². The minimum atomic E-state index is -0.465. The minimum absolute atomic E-state index is 0.224. The molecule has 1 heterocycles. The zero-order valence-electron chi connectivity index (χ0n) is 13.6. The number of aromatic nitrogens is 2. The fourth-order valence-corrected chi connectivity index (χ4v) is 2.81. The van der Waals surface area contributed by atoms with Crippen molar-refractivity contribution in [3.05, 3.63) is 56.9 Å². The van der Waals surface area contributed by atoms with Crippen molar-refractivity contribution in [3.8, 4) is 5.75 Å². The highest BCUT2D eigenvalue weighted by molar-refractivity contribution is 9.10. The van der Waals surface area contributed by atoms with Crippen molar-refractivity contribution in [1.29, 1.82) is 0 Å². The largest absolute Gasteiger partial charge is 0.483 e. The second-order valence-corrected chi connectivity index (χ2v) is 6.17. The van der Waals surface area contributed by atoms with Crippen molar-refractivity contribution in [3.63, 3.8) is 0 Å². The van der Waals surface area contributed by atoms with Crippen molar-refractivity contribution in [1.82, 2.24) is 9.97 Å². The third-order valence-electron chi connectivity index (χ3n) is 3.51. The fraction of sp³-hybridized carbons (Fsp3) is 0.118. The number of hydrogen-bond donors (Lipinski definition) is 3. The number of esters is 1. The predicted octanol–water partition coefficient (Wildman–Crippen LogP) is 2.42. The van der Waals surface area contributed by atoms with Gasteiger partial charge in [0.2, 0.25) is 0 Å². The lowest BCUT2D eigenvalue weighted by atomic mass is 10.2. The van der Waals surface area contributed by atoms with Crippen LogP contribution in [0.1, 0.15) is 10.4 Å². The molecule has 3 rings (SSSR count). The number of carbonyl (C=O) groups excluding carboxylic acids is 2. The Balaban J connectivity index is 1.62. The van der Waals surface area contributed by atoms with Crippen molar-refractivity contribution < 1.29 is 19.1 Å². The molecule has 0 aliphatic heterocycles. The molecular formula is C17H14BrN3O5. The van der Waals surface area contributed by atoms with E-state index < -0.39 is 5.97 Å². The first-order valence-electron chi connectivity index (χ1n) is 7.49. The maximum Gasteiger partial charge on any atom is 0.337 e. The number of aromatic amines is 2. The number of amides is 1. The first-order chi connectivity index (χ1) is 12.5. The summed E-state index contributed by atoms with van der Waals surface area (Å²) in [5.41, 5.74) is 1.83. The molecule has 0 saturated carbocycles. The molecule has 0 atom stereocenters. The fourth-order valence-electron chi connectivity index (χ4n) is 2.31. The highest BCUT2D eigenvalue weighted by atomic mass is 79.9. The van der Waals surface area contributed by atoms with E-state index in [1.807, 2.05) is 0 Å². The molecule has 0 bridgehead atoms. The van der Waals surface area contributed by atoms with Gasteiger partial charge < -0.3 is 24.8 Å². The monoisotopic (exact) mass is 419 g/mol. The van der Waals surface area contributed by atoms with Gasteiger partial charge in [0.1, 0.15) is 5.75 Å². The summed E-state index contributed by atoms with van der Waals surface area (Å²) in [6, 6.07) is 9.67. The van der Waals surface area contributed by atoms with E-state index in [0.717, 1.165) is 0 Å². The standard InChI is InChI=1S/C17H14BrN3O5/c1-25-16(23)9-2-5-14(11(18)6-9)26-8-15(22)19-10-3-4-12-13(7-10)21-17(24)20-12/h2-7H,8H2,1H3,(H,19,22)(H2,20,21,24). The molecule has 2 aromatic carbocycles. The van der Waals surface area contributed by atoms with Gasteiger partial charge in [-0.05, 0) is 52.3 Å². The molecule has 1 aromatic heterocycles. The number of benzene rings is 2. The number of methoxy groups -OCH3 is 1. The molecule has 0 aliphatic rings. The van der Waals surface area contributed by atoms with E-state index in [2.05, 4.69) is 36.0 Å². The van der Waals surface area contributed by atoms with Crippen LogP contribution in [0, 0.1) is 0 Å². The van der Waals surface area contributed by atoms with Gasteiger partial charge in [-0.15, -0.1) is 0 Å². The van der Waals surface area contributed by atoms with E-state index in [4.69, 9.17) is 4.74 Å². The van der Waals surface area contributed by atoms with Gasteiger partial charge >= 0.3 is 11.7 Å². The van der Waals surface area contributed by atoms with E-state index in [1.165, 1.54) is 7.11 Å². The van der Waals surface area contributed by atoms with Crippen LogP contribution in [0.25, 0.3) is 11.0 Å². The predicted molar refractivity (Wildman–Crippen MR) is 98.5 cm³/mol. The smallest absolute Gasteiger partial charge is 0.337 e. The molecule has 0 aliphatic carbocycles. The van der Waals surface area contributed by atoms with Crippen LogP contribution in [-0.4, -0.2) is 35.6 Å². The van der Waals surface area contributed by atoms with Gasteiger partial charge in [-0.1, -0.05) is 0 Å². The second kappa shape index (κ2) is 7.44. The lowest BCUT2D eigenvalue weighted by Crippen LogP contribution is -2.20. The van der Waals surface area contributed by atoms with Gasteiger partial charge in [0.25, 0.3) is 5.91 Å². The van der Waals surface area contributed by atoms with Gasteiger partial charge in [-0.2, -0.15) is 0 Å². The average Bonchev–Trinajstić information content (AvgIpc) is 2.99. The zero-order valence-corrected chi connectivity index (χ0v) is 15.2. The first kappa shape index (κ1) is 17.7. The molecule has 9 heteroatoms. The van der Waals surface area contributed by atoms with E-state index in [9.17, 15) is 14.4 Å². The highest BCUT2D eigenvalue weighted by Gasteiger charge is 2.11. The molecule has 0 unspecified atom stereocenters. The van der Waals surface area contributed by atoms with Crippen LogP contribution in [0.5, 0.6) is 5.75 Å². The highest BCUT2D eigenvalue weighted by Crippen LogP contribution is 2.26. The maximum absolute atomic E-state index is 12.1. The molecule has 0 radical (unpaired) electrons. The molecule has 26 heavy (non-hydrogen) atoms. The SMILES string of the molecule is COC(=O)c1ccc(OCC(=O)Nc2ccc3[nH]c(=O)[nH]c3c2)c(Br)c1. The molecule has 1 amide bonds. The van der Waals surface area contributed by atoms with Crippen LogP contribution in [-0.2, 0) is 9.53 Å². The van der Waals surface area contributed by atoms with Crippen LogP contribution >= 0.6 is 15.9 Å². The summed E-state index contributed by atoms with van der Waals surface area (Å²) in [7, 11) is 1.30. The summed E-state index contributed by atoms with van der Waals surface area (Å²) < 4.78 is 10.6. The minimum Gasteiger partial charge on any atom is -0.483 e. The Morgan fingerprint density at radius 3 is 2.62 bits per heavy atom. The lowest BCUT2D eigenvalue weighted by molar-refractivity contribution is -0.118. The number of anilines is 1. The van der Waals surface area contributed by atoms with Gasteiger partial charge in [0.05, 0.1) is 28.2 Å². The third-order valence-corrected chi connectivity index (χ3v) is 4.13. The number of H-pyrrole nitrogens is 2. The molecule has 3 aromatic rings. The number of halogens is 1. The Morgan fingerprint density at radius 2 is 1.88 bits per heavy atom. The summed E-state index contributed by atoms with van der Waals surface area (Å²) in [6.07, 6.45) is 0. The number of rotatable bonds is 5. The van der Waals surface area contributed by atoms with Gasteiger partial charge in [-0.3, -0.25) is 4.79 Å². The Hall–Kier alpha value is -3.07. The van der Waals surface area contributed by atoms with Crippen LogP contribution in [0.4, 0.5) is 5.69 Å². The van der Waals surface area contributed by atoms with E-state index >= 15 is 0 Å². The molecular weight excluding hydrogens is 406 g/mol. The van der Waals surface area contributed by atoms with Crippen molar-refractivity contribution in [2.75, 3.05) is 19.0 Å². The summed E-state index contributed by atoms with van der Waals surface area (Å²) >= 11 is 3.29. The molecule has 0 fully saturated rings. The zero-order chi connectivity index (χ0) is 18.7. The molecule has 134 valence electrons. The number of nitrogens with one attached hydrogen (secondary N) is 3. The Kier molecular flexibility index (Phi) is 5.08. The second-order valence-electron chi connectivity index (χ2n) is 5.31. The Labute approximate surface area is 155 Å². The van der Waals surface area contributed by atoms with E-state index in [1.54, 1.807) is 36.4 Å². The molecule has 0 saturated heterocycles. The van der Waals surface area contributed by atoms with E-state index in [0.29, 0.717) is 32.5 Å².